The van der Waals surface area contributed by atoms with E-state index in [1.54, 1.807) is 18.2 Å². The number of ether oxygens (including phenoxy) is 1. The molecule has 1 aliphatic rings. The van der Waals surface area contributed by atoms with Gasteiger partial charge in [0.2, 0.25) is 5.91 Å². The quantitative estimate of drug-likeness (QED) is 0.795. The molecule has 0 fully saturated rings. The van der Waals surface area contributed by atoms with Gasteiger partial charge in [0.05, 0.1) is 6.04 Å². The maximum Gasteiger partial charge on any atom is 0.220 e. The summed E-state index contributed by atoms with van der Waals surface area (Å²) in [6.45, 7) is 4.24. The highest BCUT2D eigenvalue weighted by Crippen LogP contribution is 2.42. The first-order valence-electron chi connectivity index (χ1n) is 9.37. The number of carbonyl (C=O) groups is 1. The Morgan fingerprint density at radius 2 is 1.85 bits per heavy atom. The number of carbonyl (C=O) groups excluding carboxylic acids is 1. The number of halogens is 1. The average Bonchev–Trinajstić information content (AvgIpc) is 2.67. The average molecular weight is 355 g/mol. The summed E-state index contributed by atoms with van der Waals surface area (Å²) in [7, 11) is 0. The van der Waals surface area contributed by atoms with Crippen molar-refractivity contribution in [1.29, 1.82) is 0 Å². The fourth-order valence-electron chi connectivity index (χ4n) is 3.65. The van der Waals surface area contributed by atoms with Crippen molar-refractivity contribution in [2.24, 2.45) is 0 Å². The number of hydrogen-bond donors (Lipinski definition) is 1. The van der Waals surface area contributed by atoms with E-state index < -0.39 is 0 Å². The molecule has 1 atom stereocenters. The molecule has 0 radical (unpaired) electrons. The lowest BCUT2D eigenvalue weighted by molar-refractivity contribution is -0.122. The van der Waals surface area contributed by atoms with Gasteiger partial charge in [-0.15, -0.1) is 0 Å². The Labute approximate surface area is 154 Å². The summed E-state index contributed by atoms with van der Waals surface area (Å²) in [6.07, 6.45) is 3.20. The van der Waals surface area contributed by atoms with Crippen LogP contribution in [-0.4, -0.2) is 11.5 Å². The van der Waals surface area contributed by atoms with Gasteiger partial charge in [-0.05, 0) is 37.0 Å². The summed E-state index contributed by atoms with van der Waals surface area (Å²) in [5.74, 6) is 0.533. The number of benzene rings is 2. The van der Waals surface area contributed by atoms with E-state index in [-0.39, 0.29) is 29.8 Å². The highest BCUT2D eigenvalue weighted by molar-refractivity contribution is 5.77. The van der Waals surface area contributed by atoms with Gasteiger partial charge in [-0.2, -0.15) is 0 Å². The van der Waals surface area contributed by atoms with Crippen molar-refractivity contribution < 1.29 is 13.9 Å². The van der Waals surface area contributed by atoms with Crippen LogP contribution in [0.25, 0.3) is 0 Å². The van der Waals surface area contributed by atoms with Gasteiger partial charge < -0.3 is 10.1 Å². The molecule has 0 saturated heterocycles. The van der Waals surface area contributed by atoms with Crippen molar-refractivity contribution >= 4 is 5.91 Å². The zero-order chi connectivity index (χ0) is 18.6. The summed E-state index contributed by atoms with van der Waals surface area (Å²) in [4.78, 5) is 12.5. The van der Waals surface area contributed by atoms with Crippen LogP contribution in [0.1, 0.15) is 56.7 Å². The predicted octanol–water partition coefficient (Wildman–Crippen LogP) is 4.96. The second-order valence-corrected chi connectivity index (χ2v) is 6.95. The molecule has 3 nitrogen and oxygen atoms in total. The number of amides is 1. The first-order valence-corrected chi connectivity index (χ1v) is 9.37. The molecule has 1 unspecified atom stereocenters. The molecule has 138 valence electrons. The minimum atomic E-state index is -0.257. The number of fused-ring (bicyclic) bond motifs is 1. The van der Waals surface area contributed by atoms with Crippen molar-refractivity contribution in [1.82, 2.24) is 5.32 Å². The predicted molar refractivity (Wildman–Crippen MR) is 101 cm³/mol. The van der Waals surface area contributed by atoms with Crippen molar-refractivity contribution in [3.05, 3.63) is 65.5 Å². The van der Waals surface area contributed by atoms with Crippen LogP contribution < -0.4 is 10.1 Å². The van der Waals surface area contributed by atoms with Crippen molar-refractivity contribution in [3.63, 3.8) is 0 Å². The molecule has 1 heterocycles. The summed E-state index contributed by atoms with van der Waals surface area (Å²) in [5, 5.41) is 3.15. The Hall–Kier alpha value is -2.36. The second-order valence-electron chi connectivity index (χ2n) is 6.95. The highest BCUT2D eigenvalue weighted by Gasteiger charge is 2.38. The smallest absolute Gasteiger partial charge is 0.220 e. The molecule has 2 aromatic carbocycles. The molecular weight excluding hydrogens is 329 g/mol. The van der Waals surface area contributed by atoms with E-state index in [9.17, 15) is 9.18 Å². The third-order valence-corrected chi connectivity index (χ3v) is 5.40. The molecule has 0 spiro atoms. The Bertz CT molecular complexity index is 770. The van der Waals surface area contributed by atoms with Crippen molar-refractivity contribution in [2.75, 3.05) is 0 Å². The van der Waals surface area contributed by atoms with Crippen LogP contribution in [0, 0.1) is 5.82 Å². The van der Waals surface area contributed by atoms with Crippen molar-refractivity contribution in [2.45, 2.75) is 57.6 Å². The normalized spacial score (nSPS) is 17.9. The maximum atomic E-state index is 13.7. The SMILES string of the molecule is CCC1(CC)CC(NC(=O)CCc2ccccc2F)c2ccccc2O1. The number of rotatable bonds is 6. The van der Waals surface area contributed by atoms with Crippen LogP contribution >= 0.6 is 0 Å². The number of aryl methyl sites for hydroxylation is 1. The van der Waals surface area contributed by atoms with Gasteiger partial charge in [-0.25, -0.2) is 4.39 Å². The molecule has 0 bridgehead atoms. The lowest BCUT2D eigenvalue weighted by atomic mass is 9.83. The monoisotopic (exact) mass is 355 g/mol. The van der Waals surface area contributed by atoms with E-state index in [4.69, 9.17) is 4.74 Å². The van der Waals surface area contributed by atoms with Gasteiger partial charge in [0.1, 0.15) is 17.2 Å². The molecule has 3 rings (SSSR count). The number of para-hydroxylation sites is 1. The van der Waals surface area contributed by atoms with Crippen LogP contribution in [-0.2, 0) is 11.2 Å². The fourth-order valence-corrected chi connectivity index (χ4v) is 3.65. The molecule has 1 amide bonds. The zero-order valence-corrected chi connectivity index (χ0v) is 15.4. The second kappa shape index (κ2) is 7.90. The third kappa shape index (κ3) is 3.90. The van der Waals surface area contributed by atoms with Crippen molar-refractivity contribution in [3.8, 4) is 5.75 Å². The Kier molecular flexibility index (Phi) is 5.60. The summed E-state index contributed by atoms with van der Waals surface area (Å²) < 4.78 is 20.0. The summed E-state index contributed by atoms with van der Waals surface area (Å²) >= 11 is 0. The molecule has 0 aliphatic carbocycles. The molecule has 0 saturated carbocycles. The summed E-state index contributed by atoms with van der Waals surface area (Å²) in [6, 6.07) is 14.4. The Morgan fingerprint density at radius 1 is 1.15 bits per heavy atom. The highest BCUT2D eigenvalue weighted by atomic mass is 19.1. The molecule has 1 aliphatic heterocycles. The first kappa shape index (κ1) is 18.4. The van der Waals surface area contributed by atoms with Gasteiger partial charge in [0, 0.05) is 18.4 Å². The lowest BCUT2D eigenvalue weighted by Crippen LogP contribution is -2.44. The maximum absolute atomic E-state index is 13.7. The Balaban J connectivity index is 1.71. The van der Waals surface area contributed by atoms with E-state index in [2.05, 4.69) is 19.2 Å². The van der Waals surface area contributed by atoms with Gasteiger partial charge in [0.15, 0.2) is 0 Å². The molecule has 1 N–H and O–H groups in total. The van der Waals surface area contributed by atoms with Crippen LogP contribution in [0.15, 0.2) is 48.5 Å². The van der Waals surface area contributed by atoms with E-state index in [1.807, 2.05) is 24.3 Å². The lowest BCUT2D eigenvalue weighted by Gasteiger charge is -2.41. The van der Waals surface area contributed by atoms with Gasteiger partial charge >= 0.3 is 0 Å². The van der Waals surface area contributed by atoms with E-state index >= 15 is 0 Å². The zero-order valence-electron chi connectivity index (χ0n) is 15.4. The van der Waals surface area contributed by atoms with Gasteiger partial charge in [-0.1, -0.05) is 50.2 Å². The number of hydrogen-bond acceptors (Lipinski definition) is 2. The largest absolute Gasteiger partial charge is 0.487 e. The third-order valence-electron chi connectivity index (χ3n) is 5.40. The number of nitrogens with one attached hydrogen (secondary N) is 1. The Morgan fingerprint density at radius 3 is 2.58 bits per heavy atom. The topological polar surface area (TPSA) is 38.3 Å². The van der Waals surface area contributed by atoms with Crippen LogP contribution in [0.2, 0.25) is 0 Å². The molecule has 0 aromatic heterocycles. The standard InChI is InChI=1S/C22H26FNO2/c1-3-22(4-2)15-19(17-10-6-8-12-20(17)26-22)24-21(25)14-13-16-9-5-7-11-18(16)23/h5-12,19H,3-4,13-15H2,1-2H3,(H,24,25). The van der Waals surface area contributed by atoms with Gasteiger partial charge in [-0.3, -0.25) is 4.79 Å². The molecule has 2 aromatic rings. The summed E-state index contributed by atoms with van der Waals surface area (Å²) in [5.41, 5.74) is 1.34. The van der Waals surface area contributed by atoms with E-state index in [0.717, 1.165) is 30.6 Å². The first-order chi connectivity index (χ1) is 12.6. The van der Waals surface area contributed by atoms with Gasteiger partial charge in [0.25, 0.3) is 0 Å². The molecule has 26 heavy (non-hydrogen) atoms. The van der Waals surface area contributed by atoms with E-state index in [1.165, 1.54) is 6.07 Å². The molecular formula is C22H26FNO2. The minimum absolute atomic E-state index is 0.0592. The minimum Gasteiger partial charge on any atom is -0.487 e. The fraction of sp³-hybridized carbons (Fsp3) is 0.409. The van der Waals surface area contributed by atoms with Crippen LogP contribution in [0.3, 0.4) is 0 Å². The van der Waals surface area contributed by atoms with Crippen LogP contribution in [0.5, 0.6) is 5.75 Å². The molecule has 4 heteroatoms. The van der Waals surface area contributed by atoms with E-state index in [0.29, 0.717) is 12.0 Å². The van der Waals surface area contributed by atoms with Crippen LogP contribution in [0.4, 0.5) is 4.39 Å².